The Morgan fingerprint density at radius 1 is 0.871 bits per heavy atom. The first kappa shape index (κ1) is 20.7. The standard InChI is InChI=1S/C27H26O4/c1-14-7-9-19(10-8-14)25-18(5)31-26-16(3)15(2)23(17(4)24(25)26)22-13-20(30-6)11-12-21(22)27(28)29/h7-13H,1-6H3,(H,28,29). The normalized spacial score (nSPS) is 11.2. The second-order valence-corrected chi connectivity index (χ2v) is 8.07. The predicted octanol–water partition coefficient (Wildman–Crippen LogP) is 7.02. The Morgan fingerprint density at radius 2 is 1.55 bits per heavy atom. The van der Waals surface area contributed by atoms with Crippen LogP contribution >= 0.6 is 0 Å². The van der Waals surface area contributed by atoms with Crippen LogP contribution in [-0.4, -0.2) is 18.2 Å². The minimum atomic E-state index is -0.962. The molecule has 4 aromatic rings. The molecule has 4 rings (SSSR count). The molecule has 1 heterocycles. The van der Waals surface area contributed by atoms with Crippen molar-refractivity contribution in [3.8, 4) is 28.0 Å². The molecule has 1 N–H and O–H groups in total. The van der Waals surface area contributed by atoms with Gasteiger partial charge in [-0.1, -0.05) is 29.8 Å². The fourth-order valence-electron chi connectivity index (χ4n) is 4.45. The van der Waals surface area contributed by atoms with Crippen LogP contribution in [0.4, 0.5) is 0 Å². The van der Waals surface area contributed by atoms with Crippen LogP contribution in [0.5, 0.6) is 5.75 Å². The van der Waals surface area contributed by atoms with Crippen LogP contribution in [-0.2, 0) is 0 Å². The molecule has 0 aliphatic carbocycles. The van der Waals surface area contributed by atoms with Gasteiger partial charge in [-0.25, -0.2) is 4.79 Å². The van der Waals surface area contributed by atoms with Crippen LogP contribution in [0.25, 0.3) is 33.2 Å². The monoisotopic (exact) mass is 414 g/mol. The Kier molecular flexibility index (Phi) is 5.10. The number of carbonyl (C=O) groups is 1. The van der Waals surface area contributed by atoms with Crippen LogP contribution in [0.1, 0.15) is 38.4 Å². The first-order valence-corrected chi connectivity index (χ1v) is 10.3. The zero-order valence-corrected chi connectivity index (χ0v) is 18.7. The number of furan rings is 1. The van der Waals surface area contributed by atoms with E-state index >= 15 is 0 Å². The molecule has 0 unspecified atom stereocenters. The number of carboxylic acid groups (broad SMARTS) is 1. The third kappa shape index (κ3) is 3.28. The van der Waals surface area contributed by atoms with E-state index in [1.54, 1.807) is 19.2 Å². The maximum Gasteiger partial charge on any atom is 0.336 e. The van der Waals surface area contributed by atoms with Gasteiger partial charge in [0.2, 0.25) is 0 Å². The fraction of sp³-hybridized carbons (Fsp3) is 0.222. The van der Waals surface area contributed by atoms with Gasteiger partial charge in [0.25, 0.3) is 0 Å². The van der Waals surface area contributed by atoms with Crippen LogP contribution in [0.3, 0.4) is 0 Å². The summed E-state index contributed by atoms with van der Waals surface area (Å²) in [5.74, 6) is 0.515. The molecule has 3 aromatic carbocycles. The van der Waals surface area contributed by atoms with Gasteiger partial charge in [-0.15, -0.1) is 0 Å². The van der Waals surface area contributed by atoms with Crippen molar-refractivity contribution in [1.29, 1.82) is 0 Å². The quantitative estimate of drug-likeness (QED) is 0.390. The average molecular weight is 415 g/mol. The van der Waals surface area contributed by atoms with E-state index < -0.39 is 5.97 Å². The molecule has 0 aliphatic rings. The summed E-state index contributed by atoms with van der Waals surface area (Å²) in [4.78, 5) is 12.0. The number of aromatic carboxylic acids is 1. The summed E-state index contributed by atoms with van der Waals surface area (Å²) in [5.41, 5.74) is 9.02. The largest absolute Gasteiger partial charge is 0.497 e. The zero-order chi connectivity index (χ0) is 22.4. The highest BCUT2D eigenvalue weighted by molar-refractivity contribution is 6.06. The van der Waals surface area contributed by atoms with E-state index in [2.05, 4.69) is 31.2 Å². The summed E-state index contributed by atoms with van der Waals surface area (Å²) in [5, 5.41) is 10.9. The minimum absolute atomic E-state index is 0.253. The van der Waals surface area contributed by atoms with Gasteiger partial charge >= 0.3 is 5.97 Å². The van der Waals surface area contributed by atoms with Crippen molar-refractivity contribution in [2.24, 2.45) is 0 Å². The third-order valence-corrected chi connectivity index (χ3v) is 6.18. The van der Waals surface area contributed by atoms with E-state index in [1.165, 1.54) is 5.56 Å². The Bertz CT molecular complexity index is 1320. The number of hydrogen-bond donors (Lipinski definition) is 1. The summed E-state index contributed by atoms with van der Waals surface area (Å²) in [6.07, 6.45) is 0. The smallest absolute Gasteiger partial charge is 0.336 e. The molecule has 4 nitrogen and oxygen atoms in total. The molecule has 0 bridgehead atoms. The van der Waals surface area contributed by atoms with Crippen molar-refractivity contribution in [3.05, 3.63) is 76.0 Å². The molecule has 0 atom stereocenters. The molecule has 158 valence electrons. The maximum absolute atomic E-state index is 12.0. The molecule has 1 aromatic heterocycles. The molecule has 0 amide bonds. The highest BCUT2D eigenvalue weighted by atomic mass is 16.5. The number of aryl methyl sites for hydroxylation is 4. The maximum atomic E-state index is 12.0. The number of ether oxygens (including phenoxy) is 1. The minimum Gasteiger partial charge on any atom is -0.497 e. The second kappa shape index (κ2) is 7.62. The summed E-state index contributed by atoms with van der Waals surface area (Å²) in [6.45, 7) is 10.1. The third-order valence-electron chi connectivity index (χ3n) is 6.18. The second-order valence-electron chi connectivity index (χ2n) is 8.07. The lowest BCUT2D eigenvalue weighted by Gasteiger charge is -2.18. The highest BCUT2D eigenvalue weighted by Crippen LogP contribution is 2.44. The molecular weight excluding hydrogens is 388 g/mol. The molecule has 0 spiro atoms. The topological polar surface area (TPSA) is 59.7 Å². The van der Waals surface area contributed by atoms with Gasteiger partial charge in [0.15, 0.2) is 0 Å². The fourth-order valence-corrected chi connectivity index (χ4v) is 4.45. The van der Waals surface area contributed by atoms with Crippen molar-refractivity contribution < 1.29 is 19.1 Å². The van der Waals surface area contributed by atoms with Gasteiger partial charge in [0.05, 0.1) is 12.7 Å². The SMILES string of the molecule is COc1ccc(C(=O)O)c(-c2c(C)c(C)c3oc(C)c(-c4ccc(C)cc4)c3c2C)c1. The summed E-state index contributed by atoms with van der Waals surface area (Å²) in [6, 6.07) is 13.5. The lowest BCUT2D eigenvalue weighted by Crippen LogP contribution is -2.03. The number of hydrogen-bond acceptors (Lipinski definition) is 3. The van der Waals surface area contributed by atoms with Crippen molar-refractivity contribution in [1.82, 2.24) is 0 Å². The molecule has 0 saturated carbocycles. The van der Waals surface area contributed by atoms with Crippen molar-refractivity contribution in [2.75, 3.05) is 7.11 Å². The van der Waals surface area contributed by atoms with E-state index in [4.69, 9.17) is 9.15 Å². The first-order chi connectivity index (χ1) is 14.7. The average Bonchev–Trinajstić information content (AvgIpc) is 3.10. The van der Waals surface area contributed by atoms with Crippen molar-refractivity contribution in [3.63, 3.8) is 0 Å². The van der Waals surface area contributed by atoms with Gasteiger partial charge < -0.3 is 14.3 Å². The summed E-state index contributed by atoms with van der Waals surface area (Å²) in [7, 11) is 1.59. The number of benzene rings is 3. The number of carboxylic acids is 1. The first-order valence-electron chi connectivity index (χ1n) is 10.3. The Morgan fingerprint density at radius 3 is 2.16 bits per heavy atom. The molecule has 0 radical (unpaired) electrons. The Hall–Kier alpha value is -3.53. The van der Waals surface area contributed by atoms with E-state index in [9.17, 15) is 9.90 Å². The van der Waals surface area contributed by atoms with Crippen molar-refractivity contribution in [2.45, 2.75) is 34.6 Å². The summed E-state index contributed by atoms with van der Waals surface area (Å²) < 4.78 is 11.7. The predicted molar refractivity (Wildman–Crippen MR) is 124 cm³/mol. The van der Waals surface area contributed by atoms with Gasteiger partial charge in [0.1, 0.15) is 17.1 Å². The zero-order valence-electron chi connectivity index (χ0n) is 18.7. The molecule has 4 heteroatoms. The number of methoxy groups -OCH3 is 1. The van der Waals surface area contributed by atoms with E-state index in [0.29, 0.717) is 11.3 Å². The highest BCUT2D eigenvalue weighted by Gasteiger charge is 2.24. The number of rotatable bonds is 4. The van der Waals surface area contributed by atoms with E-state index in [-0.39, 0.29) is 5.56 Å². The lowest BCUT2D eigenvalue weighted by atomic mass is 9.86. The Labute approximate surface area is 182 Å². The molecule has 0 saturated heterocycles. The van der Waals surface area contributed by atoms with E-state index in [1.807, 2.05) is 33.8 Å². The molecular formula is C27H26O4. The molecule has 0 fully saturated rings. The van der Waals surface area contributed by atoms with Gasteiger partial charge in [-0.2, -0.15) is 0 Å². The van der Waals surface area contributed by atoms with Crippen LogP contribution in [0.15, 0.2) is 46.9 Å². The van der Waals surface area contributed by atoms with Gasteiger partial charge in [0, 0.05) is 16.5 Å². The lowest BCUT2D eigenvalue weighted by molar-refractivity contribution is 0.0697. The van der Waals surface area contributed by atoms with Crippen LogP contribution in [0.2, 0.25) is 0 Å². The van der Waals surface area contributed by atoms with Gasteiger partial charge in [-0.3, -0.25) is 0 Å². The number of fused-ring (bicyclic) bond motifs is 1. The van der Waals surface area contributed by atoms with Crippen LogP contribution < -0.4 is 4.74 Å². The van der Waals surface area contributed by atoms with Crippen LogP contribution in [0, 0.1) is 34.6 Å². The molecule has 0 aliphatic heterocycles. The summed E-state index contributed by atoms with van der Waals surface area (Å²) >= 11 is 0. The van der Waals surface area contributed by atoms with E-state index in [0.717, 1.165) is 50.1 Å². The van der Waals surface area contributed by atoms with Crippen molar-refractivity contribution >= 4 is 16.9 Å². The van der Waals surface area contributed by atoms with Gasteiger partial charge in [-0.05, 0) is 80.6 Å². The molecule has 31 heavy (non-hydrogen) atoms. The Balaban J connectivity index is 2.13.